The van der Waals surface area contributed by atoms with Gasteiger partial charge in [0.05, 0.1) is 22.3 Å². The van der Waals surface area contributed by atoms with Crippen LogP contribution in [0.15, 0.2) is 42.7 Å². The van der Waals surface area contributed by atoms with Gasteiger partial charge in [0.15, 0.2) is 0 Å². The summed E-state index contributed by atoms with van der Waals surface area (Å²) in [6, 6.07) is 7.39. The molecule has 5 rings (SSSR count). The number of fused-ring (bicyclic) bond motifs is 2. The van der Waals surface area contributed by atoms with Crippen LogP contribution in [0.25, 0.3) is 16.8 Å². The van der Waals surface area contributed by atoms with Crippen molar-refractivity contribution in [3.05, 3.63) is 59.1 Å². The van der Waals surface area contributed by atoms with Crippen molar-refractivity contribution in [3.63, 3.8) is 0 Å². The molecule has 2 aliphatic rings. The maximum absolute atomic E-state index is 14.7. The molecule has 2 aliphatic heterocycles. The Morgan fingerprint density at radius 3 is 2.84 bits per heavy atom. The summed E-state index contributed by atoms with van der Waals surface area (Å²) in [6.07, 6.45) is 2.44. The molecule has 3 heterocycles. The normalized spacial score (nSPS) is 18.4. The lowest BCUT2D eigenvalue weighted by Crippen LogP contribution is -2.55. The molecule has 2 N–H and O–H groups in total. The summed E-state index contributed by atoms with van der Waals surface area (Å²) in [4.78, 5) is 15.0. The first-order valence-corrected chi connectivity index (χ1v) is 10.5. The molecule has 10 heteroatoms. The van der Waals surface area contributed by atoms with Crippen LogP contribution in [0.5, 0.6) is 11.5 Å². The van der Waals surface area contributed by atoms with Gasteiger partial charge in [0.1, 0.15) is 23.9 Å². The first-order chi connectivity index (χ1) is 15.4. The number of nitrogens with zero attached hydrogens (tertiary/aromatic N) is 4. The third-order valence-electron chi connectivity index (χ3n) is 5.97. The Labute approximate surface area is 188 Å². The van der Waals surface area contributed by atoms with Gasteiger partial charge in [-0.2, -0.15) is 5.10 Å². The van der Waals surface area contributed by atoms with Gasteiger partial charge < -0.3 is 19.8 Å². The molecule has 0 spiro atoms. The smallest absolute Gasteiger partial charge is 0.407 e. The Morgan fingerprint density at radius 1 is 1.28 bits per heavy atom. The van der Waals surface area contributed by atoms with E-state index in [0.29, 0.717) is 43.2 Å². The molecular weight excluding hydrogens is 439 g/mol. The van der Waals surface area contributed by atoms with Crippen molar-refractivity contribution in [2.75, 3.05) is 26.2 Å². The van der Waals surface area contributed by atoms with E-state index in [4.69, 9.17) is 16.3 Å². The van der Waals surface area contributed by atoms with Crippen molar-refractivity contribution in [1.82, 2.24) is 19.6 Å². The predicted octanol–water partition coefficient (Wildman–Crippen LogP) is 3.59. The van der Waals surface area contributed by atoms with Gasteiger partial charge in [-0.15, -0.1) is 0 Å². The summed E-state index contributed by atoms with van der Waals surface area (Å²) in [5.41, 5.74) is 1.69. The van der Waals surface area contributed by atoms with E-state index in [-0.39, 0.29) is 29.0 Å². The zero-order chi connectivity index (χ0) is 22.4. The van der Waals surface area contributed by atoms with E-state index < -0.39 is 11.9 Å². The molecule has 3 aromatic rings. The molecule has 0 radical (unpaired) electrons. The topological polar surface area (TPSA) is 91.1 Å². The van der Waals surface area contributed by atoms with E-state index in [1.807, 2.05) is 0 Å². The second-order valence-corrected chi connectivity index (χ2v) is 8.19. The van der Waals surface area contributed by atoms with Crippen LogP contribution in [0.4, 0.5) is 9.18 Å². The highest BCUT2D eigenvalue weighted by Gasteiger charge is 2.35. The highest BCUT2D eigenvalue weighted by molar-refractivity contribution is 6.35. The summed E-state index contributed by atoms with van der Waals surface area (Å²) < 4.78 is 22.5. The van der Waals surface area contributed by atoms with Gasteiger partial charge in [-0.3, -0.25) is 4.90 Å². The predicted molar refractivity (Wildman–Crippen MR) is 115 cm³/mol. The number of amides is 1. The quantitative estimate of drug-likeness (QED) is 0.610. The molecule has 8 nitrogen and oxygen atoms in total. The van der Waals surface area contributed by atoms with Crippen LogP contribution in [0, 0.1) is 5.82 Å². The molecule has 1 aromatic heterocycles. The summed E-state index contributed by atoms with van der Waals surface area (Å²) in [5.74, 6) is -0.462. The van der Waals surface area contributed by atoms with Gasteiger partial charge in [-0.25, -0.2) is 13.9 Å². The van der Waals surface area contributed by atoms with Crippen LogP contribution in [0.3, 0.4) is 0 Å². The number of benzene rings is 2. The largest absolute Gasteiger partial charge is 0.507 e. The second-order valence-electron chi connectivity index (χ2n) is 7.81. The molecular formula is C22H20ClFN4O4. The number of carboxylic acid groups (broad SMARTS) is 1. The maximum Gasteiger partial charge on any atom is 0.407 e. The first kappa shape index (κ1) is 20.6. The van der Waals surface area contributed by atoms with E-state index >= 15 is 0 Å². The Morgan fingerprint density at radius 2 is 2.12 bits per heavy atom. The van der Waals surface area contributed by atoms with Gasteiger partial charge in [0, 0.05) is 49.7 Å². The van der Waals surface area contributed by atoms with Gasteiger partial charge >= 0.3 is 6.09 Å². The number of hydrogen-bond acceptors (Lipinski definition) is 5. The number of carbonyl (C=O) groups is 1. The highest BCUT2D eigenvalue weighted by Crippen LogP contribution is 2.46. The molecule has 0 unspecified atom stereocenters. The van der Waals surface area contributed by atoms with E-state index in [1.165, 1.54) is 23.1 Å². The van der Waals surface area contributed by atoms with Gasteiger partial charge in [-0.1, -0.05) is 17.7 Å². The maximum atomic E-state index is 14.7. The molecule has 1 saturated heterocycles. The fourth-order valence-corrected chi connectivity index (χ4v) is 4.67. The summed E-state index contributed by atoms with van der Waals surface area (Å²) in [7, 11) is 0. The number of aromatic nitrogens is 2. The minimum atomic E-state index is -0.959. The van der Waals surface area contributed by atoms with Gasteiger partial charge in [0.2, 0.25) is 0 Å². The lowest BCUT2D eigenvalue weighted by Gasteiger charge is -2.38. The SMILES string of the molecule is O=C(O)N1CCN2Cc3c(-n4cccn4)cc(-c4c(O)cccc4F)c(Cl)c3OC[C@H]2C1. The summed E-state index contributed by atoms with van der Waals surface area (Å²) in [5, 5.41) is 24.3. The zero-order valence-electron chi connectivity index (χ0n) is 16.9. The van der Waals surface area contributed by atoms with Crippen LogP contribution in [-0.4, -0.2) is 68.2 Å². The number of halogens is 2. The Kier molecular flexibility index (Phi) is 5.15. The fourth-order valence-electron chi connectivity index (χ4n) is 4.35. The van der Waals surface area contributed by atoms with E-state index in [2.05, 4.69) is 10.00 Å². The third-order valence-corrected chi connectivity index (χ3v) is 6.34. The van der Waals surface area contributed by atoms with Crippen LogP contribution < -0.4 is 4.74 Å². The molecule has 32 heavy (non-hydrogen) atoms. The van der Waals surface area contributed by atoms with Crippen LogP contribution in [0.2, 0.25) is 5.02 Å². The Bertz CT molecular complexity index is 1170. The van der Waals surface area contributed by atoms with Crippen LogP contribution in [0.1, 0.15) is 5.56 Å². The lowest BCUT2D eigenvalue weighted by molar-refractivity contribution is 0.0503. The number of phenols is 1. The molecule has 1 fully saturated rings. The molecule has 0 aliphatic carbocycles. The third kappa shape index (κ3) is 3.43. The van der Waals surface area contributed by atoms with Crippen molar-refractivity contribution in [1.29, 1.82) is 0 Å². The van der Waals surface area contributed by atoms with E-state index in [0.717, 1.165) is 5.56 Å². The molecule has 166 valence electrons. The first-order valence-electron chi connectivity index (χ1n) is 10.1. The monoisotopic (exact) mass is 458 g/mol. The zero-order valence-corrected chi connectivity index (χ0v) is 17.7. The number of aromatic hydroxyl groups is 1. The van der Waals surface area contributed by atoms with Crippen LogP contribution >= 0.6 is 11.6 Å². The molecule has 0 saturated carbocycles. The average molecular weight is 459 g/mol. The van der Waals surface area contributed by atoms with Crippen molar-refractivity contribution in [2.24, 2.45) is 0 Å². The number of hydrogen-bond donors (Lipinski definition) is 2. The number of piperazine rings is 1. The Balaban J connectivity index is 1.66. The molecule has 0 bridgehead atoms. The van der Waals surface area contributed by atoms with Crippen molar-refractivity contribution >= 4 is 17.7 Å². The molecule has 1 amide bonds. The minimum Gasteiger partial charge on any atom is -0.507 e. The minimum absolute atomic E-state index is 0.0173. The Hall–Kier alpha value is -3.30. The van der Waals surface area contributed by atoms with Crippen molar-refractivity contribution < 1.29 is 24.1 Å². The lowest BCUT2D eigenvalue weighted by atomic mass is 9.99. The standard InChI is InChI=1S/C22H20ClFN4O4/c23-20-14(19-16(24)3-1-4-18(19)29)9-17(28-6-2-5-25-28)15-11-26-7-8-27(22(30)31)10-13(26)12-32-21(15)20/h1-6,9,13,29H,7-8,10-12H2,(H,30,31)/t13-/m1/s1. The van der Waals surface area contributed by atoms with Gasteiger partial charge in [0.25, 0.3) is 0 Å². The van der Waals surface area contributed by atoms with Gasteiger partial charge in [-0.05, 0) is 24.3 Å². The number of phenolic OH excluding ortho intramolecular Hbond substituents is 1. The van der Waals surface area contributed by atoms with E-state index in [1.54, 1.807) is 29.2 Å². The van der Waals surface area contributed by atoms with Crippen molar-refractivity contribution in [3.8, 4) is 28.3 Å². The second kappa shape index (κ2) is 7.99. The number of ether oxygens (including phenoxy) is 1. The molecule has 1 atom stereocenters. The highest BCUT2D eigenvalue weighted by atomic mass is 35.5. The fraction of sp³-hybridized carbons (Fsp3) is 0.273. The summed E-state index contributed by atoms with van der Waals surface area (Å²) in [6.45, 7) is 1.95. The molecule has 2 aromatic carbocycles. The van der Waals surface area contributed by atoms with Crippen LogP contribution in [-0.2, 0) is 6.54 Å². The number of rotatable bonds is 2. The van der Waals surface area contributed by atoms with E-state index in [9.17, 15) is 19.4 Å². The average Bonchev–Trinajstić information content (AvgIpc) is 3.22. The summed E-state index contributed by atoms with van der Waals surface area (Å²) >= 11 is 6.73. The van der Waals surface area contributed by atoms with Crippen molar-refractivity contribution in [2.45, 2.75) is 12.6 Å².